The van der Waals surface area contributed by atoms with E-state index in [9.17, 15) is 52.6 Å². The Morgan fingerprint density at radius 2 is 1.54 bits per heavy atom. The molecule has 4 rings (SSSR count). The normalized spacial score (nSPS) is 13.8. The van der Waals surface area contributed by atoms with E-state index in [0.29, 0.717) is 5.69 Å². The number of aliphatic carboxylic acids is 1. The first-order valence-electron chi connectivity index (χ1n) is 20.7. The van der Waals surface area contributed by atoms with Gasteiger partial charge in [0, 0.05) is 67.6 Å². The van der Waals surface area contributed by atoms with Crippen LogP contribution < -0.4 is 21.7 Å². The third-order valence-corrected chi connectivity index (χ3v) is 10.3. The zero-order valence-corrected chi connectivity index (χ0v) is 36.2. The number of nitrogens with zero attached hydrogens (tertiary/aromatic N) is 3. The number of aliphatic hydroxyl groups is 1. The number of benzene rings is 2. The maximum absolute atomic E-state index is 15.3. The molecule has 3 aromatic rings. The highest BCUT2D eigenvalue weighted by Crippen LogP contribution is 2.41. The van der Waals surface area contributed by atoms with E-state index in [1.807, 2.05) is 30.3 Å². The van der Waals surface area contributed by atoms with Crippen LogP contribution in [-0.2, 0) is 49.7 Å². The number of hydrogen-bond donors (Lipinski definition) is 6. The predicted molar refractivity (Wildman–Crippen MR) is 229 cm³/mol. The van der Waals surface area contributed by atoms with Crippen molar-refractivity contribution in [3.05, 3.63) is 95.8 Å². The van der Waals surface area contributed by atoms with Gasteiger partial charge in [0.2, 0.25) is 29.5 Å². The molecule has 348 valence electrons. The first-order valence-corrected chi connectivity index (χ1v) is 20.7. The minimum absolute atomic E-state index is 0.0344. The maximum Gasteiger partial charge on any atom is 0.303 e. The number of rotatable bonds is 24. The van der Waals surface area contributed by atoms with Crippen LogP contribution in [0.15, 0.2) is 72.9 Å². The average molecular weight is 906 g/mol. The molecular weight excluding hydrogens is 853 g/mol. The number of carbonyl (C=O) groups excluding carboxylic acids is 8. The molecule has 0 unspecified atom stereocenters. The standard InChI is InChI=1S/C45H53F2N7O11/c1-45(2,3)42(35-20-28(31-21-29(46)11-12-32(31)47)24-52(35)23-27-8-5-4-6-9-27)53(40(61)26-55)19-17-33(51-44(65)34(22-36(48)57)50-37(58)13-16-41(62)63)43(64)49-18-7-10-30(56)25-54-38(59)14-15-39(54)60/h4-6,8-9,11-12,14-15,20-21,24,33-34,42,55H,7,10,13,16-19,22-23,25-26H2,1-3H3,(H2,48,57)(H,49,64)(H,50,58)(H,51,65)(H,62,63)/t33-,34-,42-/m0/s1. The van der Waals surface area contributed by atoms with E-state index >= 15 is 4.39 Å². The van der Waals surface area contributed by atoms with Crippen LogP contribution >= 0.6 is 0 Å². The number of halogens is 2. The Balaban J connectivity index is 1.68. The number of aromatic nitrogens is 1. The highest BCUT2D eigenvalue weighted by molar-refractivity contribution is 6.14. The summed E-state index contributed by atoms with van der Waals surface area (Å²) in [5, 5.41) is 26.7. The summed E-state index contributed by atoms with van der Waals surface area (Å²) < 4.78 is 31.5. The molecule has 1 aliphatic heterocycles. The number of carboxylic acids is 1. The fourth-order valence-electron chi connectivity index (χ4n) is 7.27. The van der Waals surface area contributed by atoms with Crippen molar-refractivity contribution in [2.75, 3.05) is 26.2 Å². The van der Waals surface area contributed by atoms with Crippen LogP contribution in [0, 0.1) is 17.0 Å². The van der Waals surface area contributed by atoms with Crippen LogP contribution in [0.1, 0.15) is 76.6 Å². The lowest BCUT2D eigenvalue weighted by atomic mass is 9.82. The molecule has 1 aromatic heterocycles. The SMILES string of the molecule is CC(C)(C)[C@H](c1cc(-c2cc(F)ccc2F)cn1Cc1ccccc1)N(CC[C@H](NC(=O)[C@H](CC(N)=O)NC(=O)CCC(=O)O)C(=O)NCCCC(=O)CN1C(=O)C=CC1=O)C(=O)CO. The first kappa shape index (κ1) is 50.6. The minimum atomic E-state index is -1.66. The van der Waals surface area contributed by atoms with Gasteiger partial charge >= 0.3 is 5.97 Å². The molecule has 7 amide bonds. The van der Waals surface area contributed by atoms with Gasteiger partial charge < -0.3 is 41.4 Å². The Hall–Kier alpha value is -7.09. The van der Waals surface area contributed by atoms with E-state index < -0.39 is 121 Å². The molecule has 20 heteroatoms. The van der Waals surface area contributed by atoms with Crippen LogP contribution in [0.2, 0.25) is 0 Å². The summed E-state index contributed by atoms with van der Waals surface area (Å²) in [6, 6.07) is 9.64. The topological polar surface area (TPSA) is 268 Å². The largest absolute Gasteiger partial charge is 0.481 e. The number of carboxylic acid groups (broad SMARTS) is 1. The van der Waals surface area contributed by atoms with Gasteiger partial charge in [0.05, 0.1) is 25.4 Å². The molecule has 2 heterocycles. The lowest BCUT2D eigenvalue weighted by Gasteiger charge is -2.41. The molecule has 18 nitrogen and oxygen atoms in total. The highest BCUT2D eigenvalue weighted by atomic mass is 19.1. The molecule has 0 aliphatic carbocycles. The number of ketones is 1. The zero-order chi connectivity index (χ0) is 48.0. The monoisotopic (exact) mass is 905 g/mol. The molecule has 1 aliphatic rings. The van der Waals surface area contributed by atoms with Gasteiger partial charge in [-0.3, -0.25) is 48.1 Å². The third kappa shape index (κ3) is 14.7. The van der Waals surface area contributed by atoms with Crippen LogP contribution in [0.3, 0.4) is 0 Å². The van der Waals surface area contributed by atoms with Gasteiger partial charge in [0.1, 0.15) is 30.3 Å². The molecule has 0 bridgehead atoms. The van der Waals surface area contributed by atoms with Crippen LogP contribution in [0.5, 0.6) is 0 Å². The quantitative estimate of drug-likeness (QED) is 0.0558. The Morgan fingerprint density at radius 1 is 0.862 bits per heavy atom. The lowest BCUT2D eigenvalue weighted by molar-refractivity contribution is -0.141. The third-order valence-electron chi connectivity index (χ3n) is 10.3. The molecule has 0 spiro atoms. The van der Waals surface area contributed by atoms with E-state index in [0.717, 1.165) is 40.8 Å². The van der Waals surface area contributed by atoms with E-state index in [4.69, 9.17) is 10.8 Å². The summed E-state index contributed by atoms with van der Waals surface area (Å²) >= 11 is 0. The molecule has 0 saturated heterocycles. The average Bonchev–Trinajstić information content (AvgIpc) is 3.79. The van der Waals surface area contributed by atoms with Gasteiger partial charge in [-0.1, -0.05) is 51.1 Å². The van der Waals surface area contributed by atoms with Crippen LogP contribution in [0.25, 0.3) is 11.1 Å². The van der Waals surface area contributed by atoms with E-state index in [2.05, 4.69) is 16.0 Å². The summed E-state index contributed by atoms with van der Waals surface area (Å²) in [5.74, 6) is -9.10. The molecule has 0 saturated carbocycles. The van der Waals surface area contributed by atoms with Gasteiger partial charge in [-0.25, -0.2) is 8.78 Å². The number of carbonyl (C=O) groups is 9. The highest BCUT2D eigenvalue weighted by Gasteiger charge is 2.38. The summed E-state index contributed by atoms with van der Waals surface area (Å²) in [6.45, 7) is 3.66. The van der Waals surface area contributed by atoms with Gasteiger partial charge in [-0.05, 0) is 48.1 Å². The Labute approximate surface area is 373 Å². The van der Waals surface area contributed by atoms with Gasteiger partial charge in [0.25, 0.3) is 11.8 Å². The van der Waals surface area contributed by atoms with Crippen LogP contribution in [0.4, 0.5) is 8.78 Å². The number of Topliss-reactive ketones (excluding diaryl/α,β-unsaturated/α-hetero) is 1. The Bertz CT molecular complexity index is 2290. The van der Waals surface area contributed by atoms with Crippen LogP contribution in [-0.4, -0.2) is 116 Å². The van der Waals surface area contributed by atoms with Crippen molar-refractivity contribution in [2.45, 2.75) is 84.0 Å². The number of nitrogens with two attached hydrogens (primary N) is 1. The van der Waals surface area contributed by atoms with E-state index in [1.165, 1.54) is 4.90 Å². The van der Waals surface area contributed by atoms with E-state index in [1.54, 1.807) is 37.6 Å². The molecule has 2 aromatic carbocycles. The Kier molecular flexibility index (Phi) is 17.9. The number of aliphatic hydroxyl groups excluding tert-OH is 1. The molecule has 65 heavy (non-hydrogen) atoms. The van der Waals surface area contributed by atoms with Crippen molar-refractivity contribution in [3.63, 3.8) is 0 Å². The Morgan fingerprint density at radius 3 is 2.15 bits per heavy atom. The van der Waals surface area contributed by atoms with Gasteiger partial charge in [0.15, 0.2) is 5.78 Å². The first-order chi connectivity index (χ1) is 30.7. The summed E-state index contributed by atoms with van der Waals surface area (Å²) in [6.07, 6.45) is 1.31. The minimum Gasteiger partial charge on any atom is -0.481 e. The zero-order valence-electron chi connectivity index (χ0n) is 36.2. The predicted octanol–water partition coefficient (Wildman–Crippen LogP) is 1.88. The van der Waals surface area contributed by atoms with Crippen molar-refractivity contribution in [2.24, 2.45) is 11.1 Å². The second kappa shape index (κ2) is 23.0. The van der Waals surface area contributed by atoms with Crippen molar-refractivity contribution < 1.29 is 62.1 Å². The van der Waals surface area contributed by atoms with Gasteiger partial charge in [-0.2, -0.15) is 0 Å². The number of nitrogens with one attached hydrogen (secondary N) is 3. The summed E-state index contributed by atoms with van der Waals surface area (Å²) in [7, 11) is 0. The van der Waals surface area contributed by atoms with E-state index in [-0.39, 0.29) is 50.0 Å². The molecule has 0 fully saturated rings. The molecule has 7 N–H and O–H groups in total. The number of amides is 7. The van der Waals surface area contributed by atoms with Crippen molar-refractivity contribution in [1.29, 1.82) is 0 Å². The number of primary amides is 1. The second-order valence-electron chi connectivity index (χ2n) is 16.5. The molecule has 0 radical (unpaired) electrons. The fraction of sp³-hybridized carbons (Fsp3) is 0.400. The lowest BCUT2D eigenvalue weighted by Crippen LogP contribution is -2.55. The summed E-state index contributed by atoms with van der Waals surface area (Å²) in [5.41, 5.74) is 5.98. The molecular formula is C45H53F2N7O11. The van der Waals surface area contributed by atoms with Crippen molar-refractivity contribution in [3.8, 4) is 11.1 Å². The summed E-state index contributed by atoms with van der Waals surface area (Å²) in [4.78, 5) is 116. The second-order valence-corrected chi connectivity index (χ2v) is 16.5. The van der Waals surface area contributed by atoms with Crippen molar-refractivity contribution >= 4 is 53.1 Å². The molecule has 3 atom stereocenters. The number of imide groups is 1. The fourth-order valence-corrected chi connectivity index (χ4v) is 7.27. The smallest absolute Gasteiger partial charge is 0.303 e. The van der Waals surface area contributed by atoms with Crippen molar-refractivity contribution in [1.82, 2.24) is 30.3 Å². The van der Waals surface area contributed by atoms with Gasteiger partial charge in [-0.15, -0.1) is 0 Å². The maximum atomic E-state index is 15.3. The number of hydrogen-bond acceptors (Lipinski definition) is 10.